The molecule has 1 aliphatic heterocycles. The van der Waals surface area contributed by atoms with Gasteiger partial charge in [-0.2, -0.15) is 0 Å². The zero-order chi connectivity index (χ0) is 13.7. The van der Waals surface area contributed by atoms with E-state index in [1.807, 2.05) is 12.1 Å². The number of benzene rings is 1. The molecule has 1 N–H and O–H groups in total. The van der Waals surface area contributed by atoms with Crippen molar-refractivity contribution >= 4 is 15.9 Å². The molecule has 0 spiro atoms. The maximum Gasteiger partial charge on any atom is 0.142 e. The summed E-state index contributed by atoms with van der Waals surface area (Å²) in [6.45, 7) is 3.64. The van der Waals surface area contributed by atoms with Crippen LogP contribution < -0.4 is 5.32 Å². The number of halogens is 2. The van der Waals surface area contributed by atoms with Crippen LogP contribution in [-0.2, 0) is 4.74 Å². The smallest absolute Gasteiger partial charge is 0.142 e. The van der Waals surface area contributed by atoms with Crippen molar-refractivity contribution in [2.24, 2.45) is 0 Å². The van der Waals surface area contributed by atoms with E-state index in [1.165, 1.54) is 0 Å². The third-order valence-corrected chi connectivity index (χ3v) is 3.75. The summed E-state index contributed by atoms with van der Waals surface area (Å²) in [6, 6.07) is 5.18. The molecule has 1 aliphatic rings. The van der Waals surface area contributed by atoms with Gasteiger partial charge in [-0.05, 0) is 53.9 Å². The molecule has 19 heavy (non-hydrogen) atoms. The maximum absolute atomic E-state index is 14.3. The molecule has 0 bridgehead atoms. The number of allylic oxidation sites excluding steroid dienone is 1. The number of rotatable bonds is 5. The zero-order valence-electron chi connectivity index (χ0n) is 11.1. The van der Waals surface area contributed by atoms with Crippen LogP contribution in [0.15, 0.2) is 34.5 Å². The van der Waals surface area contributed by atoms with Gasteiger partial charge in [-0.1, -0.05) is 19.1 Å². The molecule has 2 rings (SSSR count). The van der Waals surface area contributed by atoms with Gasteiger partial charge >= 0.3 is 0 Å². The van der Waals surface area contributed by atoms with Gasteiger partial charge in [0.2, 0.25) is 0 Å². The summed E-state index contributed by atoms with van der Waals surface area (Å²) < 4.78 is 20.5. The molecule has 0 aromatic heterocycles. The van der Waals surface area contributed by atoms with Crippen LogP contribution >= 0.6 is 15.9 Å². The fourth-order valence-corrected chi connectivity index (χ4v) is 2.56. The SMILES string of the molecule is CCCNC(C1=CCCCO1)c1cccc(Br)c1F. The van der Waals surface area contributed by atoms with E-state index in [4.69, 9.17) is 4.74 Å². The minimum Gasteiger partial charge on any atom is -0.496 e. The predicted molar refractivity (Wildman–Crippen MR) is 78.4 cm³/mol. The van der Waals surface area contributed by atoms with Crippen molar-refractivity contribution in [3.8, 4) is 0 Å². The third kappa shape index (κ3) is 3.57. The lowest BCUT2D eigenvalue weighted by atomic mass is 10.0. The Kier molecular flexibility index (Phi) is 5.40. The summed E-state index contributed by atoms with van der Waals surface area (Å²) >= 11 is 3.24. The molecule has 0 saturated carbocycles. The number of hydrogen-bond donors (Lipinski definition) is 1. The average molecular weight is 328 g/mol. The first kappa shape index (κ1) is 14.5. The molecule has 1 unspecified atom stereocenters. The van der Waals surface area contributed by atoms with E-state index in [2.05, 4.69) is 34.2 Å². The summed E-state index contributed by atoms with van der Waals surface area (Å²) in [6.07, 6.45) is 5.09. The van der Waals surface area contributed by atoms with Gasteiger partial charge in [0.15, 0.2) is 0 Å². The molecule has 1 aromatic rings. The standard InChI is InChI=1S/C15H19BrFNO/c1-2-9-18-15(13-8-3-4-10-19-13)11-6-5-7-12(16)14(11)17/h5-8,15,18H,2-4,9-10H2,1H3. The highest BCUT2D eigenvalue weighted by molar-refractivity contribution is 9.10. The highest BCUT2D eigenvalue weighted by Gasteiger charge is 2.23. The van der Waals surface area contributed by atoms with Crippen LogP contribution in [0.4, 0.5) is 4.39 Å². The lowest BCUT2D eigenvalue weighted by Crippen LogP contribution is -2.27. The van der Waals surface area contributed by atoms with Gasteiger partial charge in [0.05, 0.1) is 17.1 Å². The van der Waals surface area contributed by atoms with Gasteiger partial charge in [0.1, 0.15) is 11.6 Å². The second-order valence-electron chi connectivity index (χ2n) is 4.63. The van der Waals surface area contributed by atoms with Crippen LogP contribution in [0.2, 0.25) is 0 Å². The maximum atomic E-state index is 14.3. The summed E-state index contributed by atoms with van der Waals surface area (Å²) in [7, 11) is 0. The van der Waals surface area contributed by atoms with Crippen molar-refractivity contribution < 1.29 is 9.13 Å². The Hall–Kier alpha value is -0.870. The Morgan fingerprint density at radius 2 is 2.32 bits per heavy atom. The van der Waals surface area contributed by atoms with E-state index in [-0.39, 0.29) is 11.9 Å². The van der Waals surface area contributed by atoms with Gasteiger partial charge in [-0.3, -0.25) is 0 Å². The van der Waals surface area contributed by atoms with E-state index in [1.54, 1.807) is 6.07 Å². The average Bonchev–Trinajstić information content (AvgIpc) is 2.45. The molecule has 1 atom stereocenters. The van der Waals surface area contributed by atoms with E-state index in [9.17, 15) is 4.39 Å². The van der Waals surface area contributed by atoms with Crippen LogP contribution in [0, 0.1) is 5.82 Å². The van der Waals surface area contributed by atoms with Crippen molar-refractivity contribution in [3.05, 3.63) is 45.9 Å². The Morgan fingerprint density at radius 3 is 3.00 bits per heavy atom. The Bertz CT molecular complexity index is 461. The van der Waals surface area contributed by atoms with Crippen LogP contribution in [-0.4, -0.2) is 13.2 Å². The first-order valence-corrected chi connectivity index (χ1v) is 7.53. The Labute approximate surface area is 122 Å². The molecule has 0 radical (unpaired) electrons. The first-order valence-electron chi connectivity index (χ1n) is 6.74. The molecular formula is C15H19BrFNO. The van der Waals surface area contributed by atoms with Crippen LogP contribution in [0.5, 0.6) is 0 Å². The van der Waals surface area contributed by atoms with Gasteiger partial charge in [0, 0.05) is 5.56 Å². The highest BCUT2D eigenvalue weighted by atomic mass is 79.9. The monoisotopic (exact) mass is 327 g/mol. The number of nitrogens with one attached hydrogen (secondary N) is 1. The van der Waals surface area contributed by atoms with Gasteiger partial charge in [0.25, 0.3) is 0 Å². The molecule has 104 valence electrons. The molecule has 0 aliphatic carbocycles. The number of ether oxygens (including phenoxy) is 1. The van der Waals surface area contributed by atoms with E-state index < -0.39 is 0 Å². The molecule has 0 fully saturated rings. The summed E-state index contributed by atoms with van der Waals surface area (Å²) in [5, 5.41) is 3.37. The van der Waals surface area contributed by atoms with Crippen molar-refractivity contribution in [2.45, 2.75) is 32.2 Å². The first-order chi connectivity index (χ1) is 9.24. The lowest BCUT2D eigenvalue weighted by Gasteiger charge is -2.25. The Morgan fingerprint density at radius 1 is 1.47 bits per heavy atom. The third-order valence-electron chi connectivity index (χ3n) is 3.14. The molecule has 2 nitrogen and oxygen atoms in total. The predicted octanol–water partition coefficient (Wildman–Crippen LogP) is 4.32. The summed E-state index contributed by atoms with van der Waals surface area (Å²) in [5.74, 6) is 0.628. The van der Waals surface area contributed by atoms with Gasteiger partial charge in [-0.15, -0.1) is 0 Å². The van der Waals surface area contributed by atoms with Crippen LogP contribution in [0.3, 0.4) is 0 Å². The molecular weight excluding hydrogens is 309 g/mol. The van der Waals surface area contributed by atoms with Crippen LogP contribution in [0.1, 0.15) is 37.8 Å². The van der Waals surface area contributed by atoms with E-state index in [0.29, 0.717) is 16.6 Å². The molecule has 0 amide bonds. The topological polar surface area (TPSA) is 21.3 Å². The fourth-order valence-electron chi connectivity index (χ4n) is 2.17. The Balaban J connectivity index is 2.30. The van der Waals surface area contributed by atoms with E-state index >= 15 is 0 Å². The number of hydrogen-bond acceptors (Lipinski definition) is 2. The van der Waals surface area contributed by atoms with Crippen molar-refractivity contribution in [1.82, 2.24) is 5.32 Å². The summed E-state index contributed by atoms with van der Waals surface area (Å²) in [5.41, 5.74) is 0.635. The zero-order valence-corrected chi connectivity index (χ0v) is 12.7. The quantitative estimate of drug-likeness (QED) is 0.869. The van der Waals surface area contributed by atoms with Crippen molar-refractivity contribution in [2.75, 3.05) is 13.2 Å². The minimum atomic E-state index is -0.217. The van der Waals surface area contributed by atoms with E-state index in [0.717, 1.165) is 31.6 Å². The lowest BCUT2D eigenvalue weighted by molar-refractivity contribution is 0.166. The van der Waals surface area contributed by atoms with Gasteiger partial charge < -0.3 is 10.1 Å². The normalized spacial score (nSPS) is 16.7. The second-order valence-corrected chi connectivity index (χ2v) is 5.48. The second kappa shape index (κ2) is 7.06. The van der Waals surface area contributed by atoms with Crippen molar-refractivity contribution in [3.63, 3.8) is 0 Å². The molecule has 1 aromatic carbocycles. The minimum absolute atomic E-state index is 0.197. The van der Waals surface area contributed by atoms with Crippen molar-refractivity contribution in [1.29, 1.82) is 0 Å². The molecule has 0 saturated heterocycles. The summed E-state index contributed by atoms with van der Waals surface area (Å²) in [4.78, 5) is 0. The van der Waals surface area contributed by atoms with Gasteiger partial charge in [-0.25, -0.2) is 4.39 Å². The van der Waals surface area contributed by atoms with Crippen LogP contribution in [0.25, 0.3) is 0 Å². The largest absolute Gasteiger partial charge is 0.496 e. The highest BCUT2D eigenvalue weighted by Crippen LogP contribution is 2.30. The molecule has 1 heterocycles. The molecule has 4 heteroatoms. The fraction of sp³-hybridized carbons (Fsp3) is 0.467.